The van der Waals surface area contributed by atoms with Crippen molar-refractivity contribution in [2.45, 2.75) is 17.4 Å². The van der Waals surface area contributed by atoms with Crippen LogP contribution < -0.4 is 5.32 Å². The van der Waals surface area contributed by atoms with E-state index in [0.29, 0.717) is 17.7 Å². The van der Waals surface area contributed by atoms with Gasteiger partial charge in [0.25, 0.3) is 11.9 Å². The molecular weight excluding hydrogens is 323 g/mol. The van der Waals surface area contributed by atoms with Crippen molar-refractivity contribution in [1.29, 1.82) is 0 Å². The highest BCUT2D eigenvalue weighted by molar-refractivity contribution is 7.99. The van der Waals surface area contributed by atoms with Gasteiger partial charge in [-0.05, 0) is 30.2 Å². The molecule has 0 saturated heterocycles. The van der Waals surface area contributed by atoms with Crippen LogP contribution in [-0.2, 0) is 0 Å². The van der Waals surface area contributed by atoms with Crippen LogP contribution in [0.5, 0.6) is 0 Å². The van der Waals surface area contributed by atoms with E-state index in [1.54, 1.807) is 6.07 Å². The number of fused-ring (bicyclic) bond motifs is 1. The molecule has 116 valence electrons. The first-order chi connectivity index (χ1) is 10.5. The van der Waals surface area contributed by atoms with E-state index in [1.807, 2.05) is 0 Å². The van der Waals surface area contributed by atoms with Crippen LogP contribution in [0.4, 0.5) is 27.6 Å². The summed E-state index contributed by atoms with van der Waals surface area (Å²) in [6, 6.07) is 3.42. The minimum absolute atomic E-state index is 0.422. The molecular formula is C14H9F5N2S. The lowest BCUT2D eigenvalue weighted by Crippen LogP contribution is -2.19. The second-order valence-corrected chi connectivity index (χ2v) is 5.85. The van der Waals surface area contributed by atoms with Gasteiger partial charge in [0.15, 0.2) is 0 Å². The highest BCUT2D eigenvalue weighted by Crippen LogP contribution is 2.39. The van der Waals surface area contributed by atoms with E-state index in [0.717, 1.165) is 4.90 Å². The Morgan fingerprint density at radius 1 is 1.05 bits per heavy atom. The van der Waals surface area contributed by atoms with Crippen molar-refractivity contribution in [3.05, 3.63) is 53.1 Å². The zero-order chi connectivity index (χ0) is 15.9. The molecule has 1 aromatic heterocycles. The average Bonchev–Trinajstić information content (AvgIpc) is 2.50. The molecule has 0 spiro atoms. The van der Waals surface area contributed by atoms with Gasteiger partial charge in [-0.2, -0.15) is 22.5 Å². The number of benzene rings is 1. The molecule has 2 heterocycles. The van der Waals surface area contributed by atoms with E-state index in [-0.39, 0.29) is 0 Å². The number of rotatable bonds is 2. The van der Waals surface area contributed by atoms with Crippen molar-refractivity contribution in [2.24, 2.45) is 0 Å². The maximum Gasteiger partial charge on any atom is 0.253 e. The number of anilines is 1. The van der Waals surface area contributed by atoms with Crippen molar-refractivity contribution in [1.82, 2.24) is 4.98 Å². The van der Waals surface area contributed by atoms with Crippen molar-refractivity contribution >= 4 is 17.4 Å². The highest BCUT2D eigenvalue weighted by Gasteiger charge is 2.26. The minimum atomic E-state index is -1.73. The molecule has 1 unspecified atom stereocenters. The lowest BCUT2D eigenvalue weighted by atomic mass is 10.0. The van der Waals surface area contributed by atoms with Crippen LogP contribution in [0.2, 0.25) is 0 Å². The Bertz CT molecular complexity index is 711. The molecule has 2 nitrogen and oxygen atoms in total. The van der Waals surface area contributed by atoms with Gasteiger partial charge in [0.1, 0.15) is 11.5 Å². The number of hydrogen-bond acceptors (Lipinski definition) is 3. The Kier molecular flexibility index (Phi) is 3.94. The molecule has 0 radical (unpaired) electrons. The Labute approximate surface area is 126 Å². The molecule has 1 aromatic carbocycles. The molecule has 0 amide bonds. The van der Waals surface area contributed by atoms with E-state index < -0.39 is 41.1 Å². The van der Waals surface area contributed by atoms with Crippen LogP contribution in [0.3, 0.4) is 0 Å². The normalized spacial score (nSPS) is 17.2. The van der Waals surface area contributed by atoms with E-state index in [4.69, 9.17) is 0 Å². The van der Waals surface area contributed by atoms with Crippen LogP contribution >= 0.6 is 11.8 Å². The van der Waals surface area contributed by atoms with Crippen LogP contribution in [-0.4, -0.2) is 10.7 Å². The predicted octanol–water partition coefficient (Wildman–Crippen LogP) is 4.43. The Balaban J connectivity index is 2.01. The number of aromatic nitrogens is 1. The van der Waals surface area contributed by atoms with Crippen LogP contribution in [0, 0.1) is 29.3 Å². The first kappa shape index (κ1) is 15.1. The smallest absolute Gasteiger partial charge is 0.253 e. The summed E-state index contributed by atoms with van der Waals surface area (Å²) in [6.07, 6.45) is 0.422. The van der Waals surface area contributed by atoms with Gasteiger partial charge in [-0.1, -0.05) is 0 Å². The third-order valence-electron chi connectivity index (χ3n) is 3.33. The van der Waals surface area contributed by atoms with Gasteiger partial charge in [0.2, 0.25) is 11.6 Å². The summed E-state index contributed by atoms with van der Waals surface area (Å²) in [5.41, 5.74) is -0.440. The highest BCUT2D eigenvalue weighted by atomic mass is 32.2. The molecule has 0 aliphatic carbocycles. The Morgan fingerprint density at radius 2 is 1.73 bits per heavy atom. The van der Waals surface area contributed by atoms with Crippen molar-refractivity contribution in [3.8, 4) is 0 Å². The van der Waals surface area contributed by atoms with E-state index in [1.165, 1.54) is 23.9 Å². The summed E-state index contributed by atoms with van der Waals surface area (Å²) in [5, 5.41) is 2.43. The molecule has 22 heavy (non-hydrogen) atoms. The van der Waals surface area contributed by atoms with Gasteiger partial charge in [-0.3, -0.25) is 0 Å². The number of nitrogens with zero attached hydrogens (tertiary/aromatic N) is 1. The average molecular weight is 332 g/mol. The lowest BCUT2D eigenvalue weighted by Gasteiger charge is -2.27. The number of hydrogen-bond donors (Lipinski definition) is 1. The fourth-order valence-electron chi connectivity index (χ4n) is 2.30. The largest absolute Gasteiger partial charge is 0.373 e. The number of halogens is 5. The second kappa shape index (κ2) is 5.75. The van der Waals surface area contributed by atoms with E-state index >= 15 is 0 Å². The van der Waals surface area contributed by atoms with Crippen LogP contribution in [0.15, 0.2) is 23.1 Å². The maximum absolute atomic E-state index is 13.7. The maximum atomic E-state index is 13.7. The van der Waals surface area contributed by atoms with Crippen molar-refractivity contribution in [2.75, 3.05) is 11.1 Å². The van der Waals surface area contributed by atoms with E-state index in [9.17, 15) is 22.0 Å². The van der Waals surface area contributed by atoms with E-state index in [2.05, 4.69) is 10.3 Å². The number of thioether (sulfide) groups is 1. The van der Waals surface area contributed by atoms with Gasteiger partial charge in [-0.25, -0.2) is 4.39 Å². The fourth-order valence-corrected chi connectivity index (χ4v) is 3.41. The molecule has 1 atom stereocenters. The summed E-state index contributed by atoms with van der Waals surface area (Å²) in [7, 11) is 0. The Morgan fingerprint density at radius 3 is 2.41 bits per heavy atom. The molecule has 0 saturated carbocycles. The van der Waals surface area contributed by atoms with Gasteiger partial charge in [-0.15, -0.1) is 11.8 Å². The number of pyridine rings is 1. The molecule has 8 heteroatoms. The summed E-state index contributed by atoms with van der Waals surface area (Å²) in [5.74, 6) is -6.54. The van der Waals surface area contributed by atoms with Crippen molar-refractivity contribution in [3.63, 3.8) is 0 Å². The molecule has 1 aliphatic rings. The summed E-state index contributed by atoms with van der Waals surface area (Å²) in [6.45, 7) is 0. The Hall–Kier alpha value is -1.83. The van der Waals surface area contributed by atoms with Crippen LogP contribution in [0.25, 0.3) is 0 Å². The summed E-state index contributed by atoms with van der Waals surface area (Å²) in [4.78, 5) is 3.25. The second-order valence-electron chi connectivity index (χ2n) is 4.71. The minimum Gasteiger partial charge on any atom is -0.373 e. The zero-order valence-corrected chi connectivity index (χ0v) is 11.8. The van der Waals surface area contributed by atoms with Gasteiger partial charge in [0.05, 0.1) is 6.04 Å². The lowest BCUT2D eigenvalue weighted by molar-refractivity contribution is 0.409. The standard InChI is InChI=1S/C14H9F5N2S/c15-6-1-2-9-7(5-6)8(3-4-22-9)20-12-10(16)13(18)21-14(19)11(12)17/h1-2,5,8H,3-4H2,(H,20,21). The monoisotopic (exact) mass is 332 g/mol. The fraction of sp³-hybridized carbons (Fsp3) is 0.214. The molecule has 1 aliphatic heterocycles. The predicted molar refractivity (Wildman–Crippen MR) is 72.2 cm³/mol. The van der Waals surface area contributed by atoms with Gasteiger partial charge >= 0.3 is 0 Å². The van der Waals surface area contributed by atoms with Crippen LogP contribution in [0.1, 0.15) is 18.0 Å². The third-order valence-corrected chi connectivity index (χ3v) is 4.45. The zero-order valence-electron chi connectivity index (χ0n) is 11.0. The summed E-state index contributed by atoms with van der Waals surface area (Å²) < 4.78 is 67.0. The molecule has 0 bridgehead atoms. The number of nitrogens with one attached hydrogen (secondary N) is 1. The topological polar surface area (TPSA) is 24.9 Å². The first-order valence-electron chi connectivity index (χ1n) is 6.36. The first-order valence-corrected chi connectivity index (χ1v) is 7.34. The summed E-state index contributed by atoms with van der Waals surface area (Å²) >= 11 is 1.47. The third kappa shape index (κ3) is 2.63. The van der Waals surface area contributed by atoms with Gasteiger partial charge in [0, 0.05) is 10.6 Å². The molecule has 1 N–H and O–H groups in total. The quantitative estimate of drug-likeness (QED) is 0.651. The SMILES string of the molecule is Fc1ccc2c(c1)C(Nc1c(F)c(F)nc(F)c1F)CCS2. The molecule has 2 aromatic rings. The molecule has 3 rings (SSSR count). The molecule has 0 fully saturated rings. The van der Waals surface area contributed by atoms with Gasteiger partial charge < -0.3 is 5.32 Å². The van der Waals surface area contributed by atoms with Crippen molar-refractivity contribution < 1.29 is 22.0 Å².